The van der Waals surface area contributed by atoms with Crippen LogP contribution in [0.2, 0.25) is 0 Å². The van der Waals surface area contributed by atoms with Crippen molar-refractivity contribution < 1.29 is 9.53 Å². The first-order valence-electron chi connectivity index (χ1n) is 6.42. The van der Waals surface area contributed by atoms with Crippen LogP contribution in [0.5, 0.6) is 0 Å². The smallest absolute Gasteiger partial charge is 0.332 e. The minimum Gasteiger partial charge on any atom is -0.448 e. The molecule has 0 amide bonds. The molecule has 1 fully saturated rings. The first-order valence-corrected chi connectivity index (χ1v) is 6.42. The maximum Gasteiger partial charge on any atom is 0.332 e. The summed E-state index contributed by atoms with van der Waals surface area (Å²) in [5.74, 6) is -0.196. The van der Waals surface area contributed by atoms with Gasteiger partial charge in [-0.2, -0.15) is 0 Å². The highest BCUT2D eigenvalue weighted by atomic mass is 16.5. The maximum atomic E-state index is 11.8. The lowest BCUT2D eigenvalue weighted by molar-refractivity contribution is -0.150. The molecule has 0 radical (unpaired) electrons. The van der Waals surface area contributed by atoms with Crippen LogP contribution in [-0.4, -0.2) is 42.9 Å². The molecule has 0 saturated carbocycles. The number of carbonyl (C=O) groups is 1. The molecule has 1 saturated heterocycles. The molecule has 2 aliphatic rings. The average molecular weight is 236 g/mol. The van der Waals surface area contributed by atoms with Crippen LogP contribution in [0.25, 0.3) is 0 Å². The Morgan fingerprint density at radius 2 is 2.12 bits per heavy atom. The Balaban J connectivity index is 1.74. The summed E-state index contributed by atoms with van der Waals surface area (Å²) in [7, 11) is 0. The number of esters is 1. The van der Waals surface area contributed by atoms with Crippen molar-refractivity contribution in [2.75, 3.05) is 19.8 Å². The first-order chi connectivity index (χ1) is 8.36. The van der Waals surface area contributed by atoms with E-state index in [-0.39, 0.29) is 12.0 Å². The van der Waals surface area contributed by atoms with E-state index in [2.05, 4.69) is 9.89 Å². The van der Waals surface area contributed by atoms with Crippen molar-refractivity contribution in [2.45, 2.75) is 38.1 Å². The normalized spacial score (nSPS) is 25.5. The summed E-state index contributed by atoms with van der Waals surface area (Å²) < 4.78 is 5.32. The summed E-state index contributed by atoms with van der Waals surface area (Å²) in [4.78, 5) is 18.2. The van der Waals surface area contributed by atoms with Gasteiger partial charge in [0.05, 0.1) is 0 Å². The lowest BCUT2D eigenvalue weighted by Crippen LogP contribution is -2.34. The molecule has 17 heavy (non-hydrogen) atoms. The van der Waals surface area contributed by atoms with Crippen LogP contribution in [0.15, 0.2) is 17.1 Å². The third kappa shape index (κ3) is 3.97. The van der Waals surface area contributed by atoms with Crippen LogP contribution in [0, 0.1) is 0 Å². The van der Waals surface area contributed by atoms with Gasteiger partial charge >= 0.3 is 5.97 Å². The monoisotopic (exact) mass is 236 g/mol. The number of likely N-dealkylation sites (tertiary alicyclic amines) is 1. The molecule has 0 aromatic rings. The summed E-state index contributed by atoms with van der Waals surface area (Å²) >= 11 is 0. The molecule has 1 unspecified atom stereocenters. The molecule has 0 aromatic carbocycles. The lowest BCUT2D eigenvalue weighted by Gasteiger charge is -2.26. The summed E-state index contributed by atoms with van der Waals surface area (Å²) in [6.07, 6.45) is 11.0. The van der Waals surface area contributed by atoms with Crippen molar-refractivity contribution in [3.8, 4) is 0 Å². The van der Waals surface area contributed by atoms with Gasteiger partial charge in [-0.05, 0) is 19.3 Å². The zero-order valence-electron chi connectivity index (χ0n) is 10.2. The van der Waals surface area contributed by atoms with Crippen LogP contribution < -0.4 is 0 Å². The van der Waals surface area contributed by atoms with Crippen LogP contribution in [0.4, 0.5) is 0 Å². The molecule has 0 bridgehead atoms. The quantitative estimate of drug-likeness (QED) is 0.554. The van der Waals surface area contributed by atoms with E-state index in [0.29, 0.717) is 13.2 Å². The molecule has 0 aromatic heterocycles. The standard InChI is InChI=1S/C13H20N2O2/c16-13(12-7-3-1-4-8-14-12)17-11-15-9-5-2-6-10-15/h1,3,8,12H,2,4-7,9-11H2. The number of nitrogens with zero attached hydrogens (tertiary/aromatic N) is 2. The summed E-state index contributed by atoms with van der Waals surface area (Å²) in [5.41, 5.74) is 0. The summed E-state index contributed by atoms with van der Waals surface area (Å²) in [5, 5.41) is 0. The minimum atomic E-state index is -0.335. The highest BCUT2D eigenvalue weighted by molar-refractivity contribution is 5.78. The number of carbonyl (C=O) groups excluding carboxylic acids is 1. The van der Waals surface area contributed by atoms with Crippen molar-refractivity contribution in [3.05, 3.63) is 12.2 Å². The second-order valence-electron chi connectivity index (χ2n) is 4.56. The lowest BCUT2D eigenvalue weighted by atomic mass is 10.1. The fourth-order valence-electron chi connectivity index (χ4n) is 2.13. The van der Waals surface area contributed by atoms with E-state index >= 15 is 0 Å². The number of piperidine rings is 1. The van der Waals surface area contributed by atoms with E-state index in [4.69, 9.17) is 4.74 Å². The Bertz CT molecular complexity index is 307. The van der Waals surface area contributed by atoms with Gasteiger partial charge in [-0.3, -0.25) is 9.89 Å². The summed E-state index contributed by atoms with van der Waals surface area (Å²) in [6, 6.07) is -0.335. The SMILES string of the molecule is O=C(OCN1CCCCC1)C1CC=CCC=N1. The molecular weight excluding hydrogens is 216 g/mol. The van der Waals surface area contributed by atoms with E-state index in [1.807, 2.05) is 12.2 Å². The van der Waals surface area contributed by atoms with Crippen LogP contribution in [0.1, 0.15) is 32.1 Å². The molecule has 1 atom stereocenters. The van der Waals surface area contributed by atoms with E-state index in [0.717, 1.165) is 19.5 Å². The molecule has 94 valence electrons. The molecule has 0 N–H and O–H groups in total. The molecule has 4 nitrogen and oxygen atoms in total. The van der Waals surface area contributed by atoms with Gasteiger partial charge in [-0.15, -0.1) is 0 Å². The number of rotatable bonds is 3. The number of allylic oxidation sites excluding steroid dienone is 1. The molecule has 0 aliphatic carbocycles. The zero-order chi connectivity index (χ0) is 11.9. The highest BCUT2D eigenvalue weighted by Gasteiger charge is 2.19. The topological polar surface area (TPSA) is 41.9 Å². The fraction of sp³-hybridized carbons (Fsp3) is 0.692. The summed E-state index contributed by atoms with van der Waals surface area (Å²) in [6.45, 7) is 2.51. The third-order valence-corrected chi connectivity index (χ3v) is 3.16. The van der Waals surface area contributed by atoms with Gasteiger partial charge < -0.3 is 4.74 Å². The second-order valence-corrected chi connectivity index (χ2v) is 4.56. The molecular formula is C13H20N2O2. The minimum absolute atomic E-state index is 0.196. The fourth-order valence-corrected chi connectivity index (χ4v) is 2.13. The van der Waals surface area contributed by atoms with Gasteiger partial charge in [0.1, 0.15) is 6.73 Å². The van der Waals surface area contributed by atoms with E-state index in [1.54, 1.807) is 6.21 Å². The van der Waals surface area contributed by atoms with Crippen LogP contribution in [-0.2, 0) is 9.53 Å². The Kier molecular flexibility index (Phi) is 4.74. The predicted molar refractivity (Wildman–Crippen MR) is 67.0 cm³/mol. The van der Waals surface area contributed by atoms with Crippen molar-refractivity contribution in [1.82, 2.24) is 4.90 Å². The van der Waals surface area contributed by atoms with Crippen LogP contribution in [0.3, 0.4) is 0 Å². The van der Waals surface area contributed by atoms with Crippen molar-refractivity contribution in [1.29, 1.82) is 0 Å². The van der Waals surface area contributed by atoms with Crippen molar-refractivity contribution >= 4 is 12.2 Å². The van der Waals surface area contributed by atoms with Crippen molar-refractivity contribution in [3.63, 3.8) is 0 Å². The van der Waals surface area contributed by atoms with Gasteiger partial charge in [0.2, 0.25) is 0 Å². The van der Waals surface area contributed by atoms with Gasteiger partial charge in [0.15, 0.2) is 6.04 Å². The predicted octanol–water partition coefficient (Wildman–Crippen LogP) is 1.76. The first kappa shape index (κ1) is 12.3. The van der Waals surface area contributed by atoms with Crippen LogP contribution >= 0.6 is 0 Å². The number of hydrogen-bond acceptors (Lipinski definition) is 4. The molecule has 2 heterocycles. The van der Waals surface area contributed by atoms with E-state index in [1.165, 1.54) is 19.3 Å². The number of hydrogen-bond donors (Lipinski definition) is 0. The van der Waals surface area contributed by atoms with Gasteiger partial charge in [0.25, 0.3) is 0 Å². The molecule has 2 aliphatic heterocycles. The maximum absolute atomic E-state index is 11.8. The Morgan fingerprint density at radius 1 is 1.29 bits per heavy atom. The largest absolute Gasteiger partial charge is 0.448 e. The van der Waals surface area contributed by atoms with Gasteiger partial charge in [-0.1, -0.05) is 18.6 Å². The van der Waals surface area contributed by atoms with E-state index in [9.17, 15) is 4.79 Å². The zero-order valence-corrected chi connectivity index (χ0v) is 10.2. The Hall–Kier alpha value is -1.16. The Morgan fingerprint density at radius 3 is 2.94 bits per heavy atom. The molecule has 4 heteroatoms. The number of ether oxygens (including phenoxy) is 1. The van der Waals surface area contributed by atoms with E-state index < -0.39 is 0 Å². The van der Waals surface area contributed by atoms with Gasteiger partial charge in [-0.25, -0.2) is 4.79 Å². The second kappa shape index (κ2) is 6.55. The highest BCUT2D eigenvalue weighted by Crippen LogP contribution is 2.10. The third-order valence-electron chi connectivity index (χ3n) is 3.16. The molecule has 2 rings (SSSR count). The average Bonchev–Trinajstić information content (AvgIpc) is 2.66. The van der Waals surface area contributed by atoms with Gasteiger partial charge in [0, 0.05) is 25.7 Å². The number of aliphatic imine (C=N–C) groups is 1. The molecule has 0 spiro atoms. The Labute approximate surface area is 102 Å². The van der Waals surface area contributed by atoms with Crippen molar-refractivity contribution in [2.24, 2.45) is 4.99 Å².